The molecule has 124 valence electrons. The molecule has 1 rings (SSSR count). The molecule has 1 N–H and O–H groups in total. The fourth-order valence-electron chi connectivity index (χ4n) is 2.29. The van der Waals surface area contributed by atoms with Crippen molar-refractivity contribution in [3.63, 3.8) is 0 Å². The van der Waals surface area contributed by atoms with E-state index in [1.807, 2.05) is 6.20 Å². The van der Waals surface area contributed by atoms with Gasteiger partial charge < -0.3 is 5.32 Å². The van der Waals surface area contributed by atoms with Crippen molar-refractivity contribution in [2.75, 3.05) is 0 Å². The lowest BCUT2D eigenvalue weighted by atomic mass is 9.97. The van der Waals surface area contributed by atoms with Gasteiger partial charge in [-0.15, -0.1) is 0 Å². The Balaban J connectivity index is 3.15. The predicted molar refractivity (Wildman–Crippen MR) is 104 cm³/mol. The predicted octanol–water partition coefficient (Wildman–Crippen LogP) is 6.26. The third-order valence-electron chi connectivity index (χ3n) is 3.53. The van der Waals surface area contributed by atoms with Gasteiger partial charge in [0.05, 0.1) is 0 Å². The van der Waals surface area contributed by atoms with Crippen molar-refractivity contribution in [1.82, 2.24) is 5.32 Å². The molecule has 1 heteroatoms. The molecule has 0 aliphatic heterocycles. The van der Waals surface area contributed by atoms with Crippen molar-refractivity contribution in [2.45, 2.75) is 47.5 Å². The van der Waals surface area contributed by atoms with Crippen LogP contribution in [0.1, 0.15) is 52.2 Å². The van der Waals surface area contributed by atoms with Crippen molar-refractivity contribution in [1.29, 1.82) is 0 Å². The number of benzene rings is 1. The van der Waals surface area contributed by atoms with E-state index in [0.29, 0.717) is 5.92 Å². The van der Waals surface area contributed by atoms with E-state index in [0.717, 1.165) is 12.8 Å². The molecule has 0 aromatic heterocycles. The zero-order valence-electron chi connectivity index (χ0n) is 15.3. The highest BCUT2D eigenvalue weighted by atomic mass is 14.8. The van der Waals surface area contributed by atoms with Crippen molar-refractivity contribution >= 4 is 5.57 Å². The van der Waals surface area contributed by atoms with Gasteiger partial charge in [-0.25, -0.2) is 0 Å². The van der Waals surface area contributed by atoms with Crippen LogP contribution >= 0.6 is 0 Å². The molecule has 0 heterocycles. The average Bonchev–Trinajstić information content (AvgIpc) is 2.55. The van der Waals surface area contributed by atoms with Crippen molar-refractivity contribution in [2.24, 2.45) is 5.92 Å². The van der Waals surface area contributed by atoms with Crippen molar-refractivity contribution < 1.29 is 0 Å². The molecule has 0 saturated heterocycles. The Hall–Kier alpha value is -2.02. The van der Waals surface area contributed by atoms with Gasteiger partial charge in [0.2, 0.25) is 0 Å². The first-order chi connectivity index (χ1) is 11.1. The first-order valence-corrected chi connectivity index (χ1v) is 8.64. The van der Waals surface area contributed by atoms with Gasteiger partial charge in [0.25, 0.3) is 0 Å². The van der Waals surface area contributed by atoms with Crippen LogP contribution in [0.15, 0.2) is 66.5 Å². The molecule has 0 atom stereocenters. The molecule has 0 aliphatic carbocycles. The monoisotopic (exact) mass is 309 g/mol. The average molecular weight is 309 g/mol. The summed E-state index contributed by atoms with van der Waals surface area (Å²) in [6.45, 7) is 10.9. The fraction of sp³-hybridized carbons (Fsp3) is 0.364. The molecule has 1 nitrogen and oxygen atoms in total. The first-order valence-electron chi connectivity index (χ1n) is 8.64. The van der Waals surface area contributed by atoms with Crippen LogP contribution in [-0.2, 0) is 6.42 Å². The van der Waals surface area contributed by atoms with Gasteiger partial charge in [-0.1, -0.05) is 75.8 Å². The van der Waals surface area contributed by atoms with E-state index in [4.69, 9.17) is 0 Å². The summed E-state index contributed by atoms with van der Waals surface area (Å²) >= 11 is 0. The highest BCUT2D eigenvalue weighted by molar-refractivity contribution is 5.77. The molecule has 1 aromatic rings. The Labute approximate surface area is 142 Å². The Morgan fingerprint density at radius 3 is 2.57 bits per heavy atom. The van der Waals surface area contributed by atoms with Crippen LogP contribution in [0.2, 0.25) is 0 Å². The molecule has 0 radical (unpaired) electrons. The summed E-state index contributed by atoms with van der Waals surface area (Å²) in [5.41, 5.74) is 5.15. The van der Waals surface area contributed by atoms with Gasteiger partial charge in [-0.05, 0) is 54.7 Å². The second-order valence-electron chi connectivity index (χ2n) is 6.08. The lowest BCUT2D eigenvalue weighted by Crippen LogP contribution is -1.98. The summed E-state index contributed by atoms with van der Waals surface area (Å²) in [6, 6.07) is 8.63. The van der Waals surface area contributed by atoms with Gasteiger partial charge in [0.1, 0.15) is 0 Å². The summed E-state index contributed by atoms with van der Waals surface area (Å²) in [5.74, 6) is 0.548. The van der Waals surface area contributed by atoms with Crippen molar-refractivity contribution in [3.05, 3.63) is 77.7 Å². The Morgan fingerprint density at radius 1 is 1.17 bits per heavy atom. The molecular weight excluding hydrogens is 278 g/mol. The largest absolute Gasteiger partial charge is 0.367 e. The molecule has 0 saturated carbocycles. The molecule has 0 bridgehead atoms. The highest BCUT2D eigenvalue weighted by Gasteiger charge is 2.04. The van der Waals surface area contributed by atoms with Crippen LogP contribution in [-0.4, -0.2) is 0 Å². The molecule has 0 amide bonds. The van der Waals surface area contributed by atoms with Crippen LogP contribution in [0.25, 0.3) is 5.57 Å². The summed E-state index contributed by atoms with van der Waals surface area (Å²) in [7, 11) is 0. The van der Waals surface area contributed by atoms with Gasteiger partial charge in [-0.3, -0.25) is 0 Å². The van der Waals surface area contributed by atoms with E-state index >= 15 is 0 Å². The van der Waals surface area contributed by atoms with Gasteiger partial charge in [0, 0.05) is 6.20 Å². The number of allylic oxidation sites excluding steroid dienone is 6. The molecule has 0 fully saturated rings. The molecule has 0 unspecified atom stereocenters. The third kappa shape index (κ3) is 7.19. The van der Waals surface area contributed by atoms with Crippen LogP contribution in [0.3, 0.4) is 0 Å². The third-order valence-corrected chi connectivity index (χ3v) is 3.53. The maximum atomic E-state index is 3.32. The fourth-order valence-corrected chi connectivity index (χ4v) is 2.29. The summed E-state index contributed by atoms with van der Waals surface area (Å²) < 4.78 is 0. The summed E-state index contributed by atoms with van der Waals surface area (Å²) in [6.07, 6.45) is 15.0. The van der Waals surface area contributed by atoms with Gasteiger partial charge in [-0.2, -0.15) is 0 Å². The Bertz CT molecular complexity index is 586. The van der Waals surface area contributed by atoms with Crippen molar-refractivity contribution in [3.8, 4) is 0 Å². The van der Waals surface area contributed by atoms with E-state index in [1.165, 1.54) is 22.3 Å². The topological polar surface area (TPSA) is 12.0 Å². The molecule has 0 aliphatic rings. The zero-order chi connectivity index (χ0) is 17.1. The second kappa shape index (κ2) is 10.7. The standard InChI is InChI=1S/C22H31N/c1-6-8-11-19(5)16-21(17-23-15-14-18(3)4)22-13-10-9-12-20(22)7-2/h8-18,23H,6-7H2,1-5H3/b11-8?,15-14+,19-16+,21-17+. The number of hydrogen-bond acceptors (Lipinski definition) is 1. The molecular formula is C22H31N. The minimum atomic E-state index is 0.548. The maximum absolute atomic E-state index is 3.32. The molecule has 23 heavy (non-hydrogen) atoms. The lowest BCUT2D eigenvalue weighted by Gasteiger charge is -2.10. The number of hydrogen-bond donors (Lipinski definition) is 1. The van der Waals surface area contributed by atoms with E-state index < -0.39 is 0 Å². The van der Waals surface area contributed by atoms with Gasteiger partial charge >= 0.3 is 0 Å². The van der Waals surface area contributed by atoms with E-state index in [9.17, 15) is 0 Å². The summed E-state index contributed by atoms with van der Waals surface area (Å²) in [5, 5.41) is 3.32. The smallest absolute Gasteiger partial charge is 0.00836 e. The zero-order valence-corrected chi connectivity index (χ0v) is 15.3. The van der Waals surface area contributed by atoms with Gasteiger partial charge in [0.15, 0.2) is 0 Å². The van der Waals surface area contributed by atoms with Crippen LogP contribution in [0.4, 0.5) is 0 Å². The SMILES string of the molecule is CCC=C/C(C)=C/C(=C\N/C=C/C(C)C)c1ccccc1CC. The minimum Gasteiger partial charge on any atom is -0.367 e. The minimum absolute atomic E-state index is 0.548. The summed E-state index contributed by atoms with van der Waals surface area (Å²) in [4.78, 5) is 0. The Morgan fingerprint density at radius 2 is 1.91 bits per heavy atom. The first kappa shape index (κ1) is 19.0. The number of nitrogens with one attached hydrogen (secondary N) is 1. The Kier molecular flexibility index (Phi) is 8.82. The van der Waals surface area contributed by atoms with Crippen LogP contribution in [0.5, 0.6) is 0 Å². The number of aryl methyl sites for hydroxylation is 1. The highest BCUT2D eigenvalue weighted by Crippen LogP contribution is 2.22. The van der Waals surface area contributed by atoms with E-state index in [1.54, 1.807) is 0 Å². The molecule has 1 aromatic carbocycles. The second-order valence-corrected chi connectivity index (χ2v) is 6.08. The van der Waals surface area contributed by atoms with Crippen LogP contribution < -0.4 is 5.32 Å². The maximum Gasteiger partial charge on any atom is 0.00836 e. The van der Waals surface area contributed by atoms with E-state index in [-0.39, 0.29) is 0 Å². The quantitative estimate of drug-likeness (QED) is 0.559. The lowest BCUT2D eigenvalue weighted by molar-refractivity contribution is 0.824. The normalized spacial score (nSPS) is 13.5. The molecule has 0 spiro atoms. The van der Waals surface area contributed by atoms with E-state index in [2.05, 4.69) is 94.7 Å². The van der Waals surface area contributed by atoms with Crippen LogP contribution in [0, 0.1) is 5.92 Å². The number of rotatable bonds is 8.